The number of aromatic nitrogens is 2. The van der Waals surface area contributed by atoms with Crippen LogP contribution in [0.5, 0.6) is 11.5 Å². The number of carbonyl (C=O) groups excluding carboxylic acids is 1. The van der Waals surface area contributed by atoms with E-state index in [1.54, 1.807) is 16.8 Å². The number of amides is 1. The number of halogens is 2. The molecular formula is C35H34Cl2N6O7S. The second-order valence-corrected chi connectivity index (χ2v) is 14.5. The van der Waals surface area contributed by atoms with Gasteiger partial charge in [-0.1, -0.05) is 35.3 Å². The number of carbonyl (C=O) groups is 1. The average Bonchev–Trinajstić information content (AvgIpc) is 3.45. The third-order valence-electron chi connectivity index (χ3n) is 8.38. The summed E-state index contributed by atoms with van der Waals surface area (Å²) in [6.07, 6.45) is 0. The van der Waals surface area contributed by atoms with Crippen LogP contribution < -0.4 is 14.8 Å². The van der Waals surface area contributed by atoms with Crippen molar-refractivity contribution in [1.29, 1.82) is 0 Å². The molecule has 266 valence electrons. The van der Waals surface area contributed by atoms with Crippen molar-refractivity contribution in [3.8, 4) is 11.5 Å². The van der Waals surface area contributed by atoms with Crippen LogP contribution in [0.15, 0.2) is 77.7 Å². The van der Waals surface area contributed by atoms with Crippen LogP contribution in [0.4, 0.5) is 11.4 Å². The largest absolute Gasteiger partial charge is 0.457 e. The third-order valence-corrected chi connectivity index (χ3v) is 10.5. The Morgan fingerprint density at radius 2 is 1.69 bits per heavy atom. The van der Waals surface area contributed by atoms with Crippen molar-refractivity contribution in [3.05, 3.63) is 115 Å². The number of hydrogen-bond donors (Lipinski definition) is 2. The van der Waals surface area contributed by atoms with Gasteiger partial charge in [0.1, 0.15) is 17.2 Å². The van der Waals surface area contributed by atoms with E-state index < -0.39 is 20.9 Å². The molecule has 16 heteroatoms. The Balaban J connectivity index is 1.20. The van der Waals surface area contributed by atoms with Crippen LogP contribution in [0.2, 0.25) is 10.0 Å². The first-order valence-electron chi connectivity index (χ1n) is 16.0. The molecule has 1 fully saturated rings. The number of nitro benzene ring substituents is 1. The van der Waals surface area contributed by atoms with Gasteiger partial charge in [-0.2, -0.15) is 5.10 Å². The molecule has 5 aromatic rings. The number of anilines is 1. The van der Waals surface area contributed by atoms with E-state index in [4.69, 9.17) is 32.7 Å². The number of benzene rings is 4. The van der Waals surface area contributed by atoms with Gasteiger partial charge < -0.3 is 14.8 Å². The first-order chi connectivity index (χ1) is 24.4. The smallest absolute Gasteiger partial charge is 0.292 e. The van der Waals surface area contributed by atoms with Gasteiger partial charge in [0.05, 0.1) is 35.1 Å². The number of aryl methyl sites for hydroxylation is 2. The van der Waals surface area contributed by atoms with Gasteiger partial charge in [-0.05, 0) is 85.1 Å². The summed E-state index contributed by atoms with van der Waals surface area (Å²) in [5.41, 5.74) is 2.77. The fourth-order valence-electron chi connectivity index (χ4n) is 5.76. The van der Waals surface area contributed by atoms with Crippen molar-refractivity contribution in [1.82, 2.24) is 19.4 Å². The van der Waals surface area contributed by atoms with Gasteiger partial charge in [0.25, 0.3) is 21.6 Å². The molecule has 2 heterocycles. The number of morpholine rings is 1. The fourth-order valence-corrected chi connectivity index (χ4v) is 7.02. The summed E-state index contributed by atoms with van der Waals surface area (Å²) in [5.74, 6) is 0.287. The minimum Gasteiger partial charge on any atom is -0.457 e. The van der Waals surface area contributed by atoms with Crippen LogP contribution in [-0.4, -0.2) is 73.3 Å². The van der Waals surface area contributed by atoms with Crippen molar-refractivity contribution in [2.75, 3.05) is 44.7 Å². The summed E-state index contributed by atoms with van der Waals surface area (Å²) in [6.45, 7) is 7.63. The zero-order valence-corrected chi connectivity index (χ0v) is 30.0. The minimum absolute atomic E-state index is 0.0138. The van der Waals surface area contributed by atoms with Crippen molar-refractivity contribution < 1.29 is 27.6 Å². The Morgan fingerprint density at radius 3 is 2.37 bits per heavy atom. The fraction of sp³-hybridized carbons (Fsp3) is 0.257. The lowest BCUT2D eigenvalue weighted by atomic mass is 10.1. The van der Waals surface area contributed by atoms with Crippen LogP contribution in [0.3, 0.4) is 0 Å². The highest BCUT2D eigenvalue weighted by molar-refractivity contribution is 7.90. The maximum atomic E-state index is 13.5. The van der Waals surface area contributed by atoms with Gasteiger partial charge >= 0.3 is 0 Å². The van der Waals surface area contributed by atoms with Crippen molar-refractivity contribution in [2.45, 2.75) is 25.3 Å². The molecule has 51 heavy (non-hydrogen) atoms. The van der Waals surface area contributed by atoms with Gasteiger partial charge in [0.15, 0.2) is 5.69 Å². The molecule has 6 rings (SSSR count). The molecule has 1 aliphatic heterocycles. The number of nitro groups is 1. The predicted molar refractivity (Wildman–Crippen MR) is 195 cm³/mol. The Kier molecular flexibility index (Phi) is 10.8. The Bertz CT molecular complexity index is 2200. The SMILES string of the molecule is Cc1cc(Oc2ccc(Cn3nc(C(=O)NS(=O)(=O)c4ccc([N+](=O)[O-])c(NCCN5CCOCC5)c4)c4cc(Cl)ccc43)cc2)cc(C)c1Cl. The Hall–Kier alpha value is -4.73. The molecular weight excluding hydrogens is 719 g/mol. The molecule has 0 unspecified atom stereocenters. The number of hydrogen-bond acceptors (Lipinski definition) is 10. The molecule has 1 saturated heterocycles. The van der Waals surface area contributed by atoms with Gasteiger partial charge in [-0.3, -0.25) is 24.5 Å². The summed E-state index contributed by atoms with van der Waals surface area (Å²) in [5, 5.41) is 20.5. The van der Waals surface area contributed by atoms with E-state index in [9.17, 15) is 23.3 Å². The number of fused-ring (bicyclic) bond motifs is 1. The van der Waals surface area contributed by atoms with Gasteiger partial charge in [-0.15, -0.1) is 0 Å². The second-order valence-electron chi connectivity index (χ2n) is 12.0. The molecule has 2 N–H and O–H groups in total. The molecule has 1 amide bonds. The number of ether oxygens (including phenoxy) is 2. The highest BCUT2D eigenvalue weighted by atomic mass is 35.5. The minimum atomic E-state index is -4.48. The monoisotopic (exact) mass is 752 g/mol. The first-order valence-corrected chi connectivity index (χ1v) is 18.2. The Labute approximate surface area is 304 Å². The van der Waals surface area contributed by atoms with Crippen LogP contribution in [0.25, 0.3) is 10.9 Å². The standard InChI is InChI=1S/C35H34Cl2N6O7S/c1-22-17-27(18-23(2)33(22)37)50-26-6-3-24(4-7-26)21-42-31-9-5-25(36)19-29(31)34(39-42)35(44)40-51(47,48)28-8-10-32(43(45)46)30(20-28)38-11-12-41-13-15-49-16-14-41/h3-10,17-20,38H,11-16,21H2,1-2H3,(H,40,44). The molecule has 0 bridgehead atoms. The van der Waals surface area contributed by atoms with E-state index in [-0.39, 0.29) is 28.5 Å². The molecule has 0 radical (unpaired) electrons. The van der Waals surface area contributed by atoms with Gasteiger partial charge in [0.2, 0.25) is 0 Å². The number of nitrogens with zero attached hydrogens (tertiary/aromatic N) is 4. The van der Waals surface area contributed by atoms with E-state index in [2.05, 4.69) is 20.0 Å². The van der Waals surface area contributed by atoms with E-state index >= 15 is 0 Å². The third kappa shape index (κ3) is 8.43. The van der Waals surface area contributed by atoms with Crippen molar-refractivity contribution >= 4 is 61.4 Å². The summed E-state index contributed by atoms with van der Waals surface area (Å²) in [4.78, 5) is 26.5. The highest BCUT2D eigenvalue weighted by Crippen LogP contribution is 2.31. The van der Waals surface area contributed by atoms with E-state index in [1.807, 2.05) is 50.2 Å². The zero-order chi connectivity index (χ0) is 36.3. The first kappa shape index (κ1) is 36.1. The molecule has 0 spiro atoms. The molecule has 0 saturated carbocycles. The van der Waals surface area contributed by atoms with Gasteiger partial charge in [0, 0.05) is 47.7 Å². The lowest BCUT2D eigenvalue weighted by molar-refractivity contribution is -0.384. The highest BCUT2D eigenvalue weighted by Gasteiger charge is 2.26. The van der Waals surface area contributed by atoms with E-state index in [1.165, 1.54) is 6.07 Å². The molecule has 1 aliphatic rings. The van der Waals surface area contributed by atoms with Crippen molar-refractivity contribution in [3.63, 3.8) is 0 Å². The maximum absolute atomic E-state index is 13.5. The van der Waals surface area contributed by atoms with Crippen LogP contribution in [0, 0.1) is 24.0 Å². The van der Waals surface area contributed by atoms with E-state index in [0.717, 1.165) is 48.0 Å². The molecule has 4 aromatic carbocycles. The van der Waals surface area contributed by atoms with Crippen LogP contribution in [0.1, 0.15) is 27.2 Å². The normalized spacial score (nSPS) is 13.6. The van der Waals surface area contributed by atoms with E-state index in [0.29, 0.717) is 58.8 Å². The second kappa shape index (κ2) is 15.3. The van der Waals surface area contributed by atoms with Crippen LogP contribution >= 0.6 is 23.2 Å². The summed E-state index contributed by atoms with van der Waals surface area (Å²) < 4.78 is 41.9. The number of sulfonamides is 1. The maximum Gasteiger partial charge on any atom is 0.292 e. The molecule has 0 aliphatic carbocycles. The molecule has 1 aromatic heterocycles. The molecule has 0 atom stereocenters. The Morgan fingerprint density at radius 1 is 0.980 bits per heavy atom. The van der Waals surface area contributed by atoms with Gasteiger partial charge in [-0.25, -0.2) is 13.1 Å². The van der Waals surface area contributed by atoms with Crippen molar-refractivity contribution in [2.24, 2.45) is 0 Å². The quantitative estimate of drug-likeness (QED) is 0.105. The summed E-state index contributed by atoms with van der Waals surface area (Å²) in [7, 11) is -4.48. The number of rotatable bonds is 12. The number of nitrogens with one attached hydrogen (secondary N) is 2. The molecule has 13 nitrogen and oxygen atoms in total. The predicted octanol–water partition coefficient (Wildman–Crippen LogP) is 6.57. The topological polar surface area (TPSA) is 158 Å². The average molecular weight is 754 g/mol. The lowest BCUT2D eigenvalue weighted by Crippen LogP contribution is -2.39. The summed E-state index contributed by atoms with van der Waals surface area (Å²) >= 11 is 12.6. The zero-order valence-electron chi connectivity index (χ0n) is 27.7. The summed E-state index contributed by atoms with van der Waals surface area (Å²) in [6, 6.07) is 19.3. The lowest BCUT2D eigenvalue weighted by Gasteiger charge is -2.26. The van der Waals surface area contributed by atoms with Crippen LogP contribution in [-0.2, 0) is 21.3 Å².